The molecule has 322 valence electrons. The first kappa shape index (κ1) is 38.8. The molecular weight excluding hydrogens is 827 g/mol. The summed E-state index contributed by atoms with van der Waals surface area (Å²) in [6.45, 7) is 9.28. The van der Waals surface area contributed by atoms with Gasteiger partial charge in [0.1, 0.15) is 0 Å². The van der Waals surface area contributed by atoms with Gasteiger partial charge in [-0.1, -0.05) is 167 Å². The van der Waals surface area contributed by atoms with Crippen molar-refractivity contribution in [3.05, 3.63) is 222 Å². The number of hydrogen-bond donors (Lipinski definition) is 0. The van der Waals surface area contributed by atoms with Gasteiger partial charge >= 0.3 is 0 Å². The Morgan fingerprint density at radius 3 is 1.19 bits per heavy atom. The van der Waals surface area contributed by atoms with E-state index in [1.165, 1.54) is 82.6 Å². The lowest BCUT2D eigenvalue weighted by Gasteiger charge is -2.22. The molecule has 68 heavy (non-hydrogen) atoms. The first-order valence-corrected chi connectivity index (χ1v) is 23.6. The maximum Gasteiger partial charge on any atom is 0.164 e. The summed E-state index contributed by atoms with van der Waals surface area (Å²) in [6, 6.07) is 72.7. The summed E-state index contributed by atoms with van der Waals surface area (Å²) >= 11 is 0. The fourth-order valence-electron chi connectivity index (χ4n) is 11.8. The molecule has 2 aliphatic rings. The molecule has 0 unspecified atom stereocenters. The van der Waals surface area contributed by atoms with Gasteiger partial charge in [0, 0.05) is 60.4 Å². The average molecular weight is 872 g/mol. The Bertz CT molecular complexity index is 3950. The van der Waals surface area contributed by atoms with Crippen LogP contribution in [0.4, 0.5) is 0 Å². The van der Waals surface area contributed by atoms with Gasteiger partial charge in [-0.25, -0.2) is 15.0 Å². The Morgan fingerprint density at radius 2 is 0.691 bits per heavy atom. The molecule has 14 rings (SSSR count). The van der Waals surface area contributed by atoms with Crippen LogP contribution in [0, 0.1) is 0 Å². The second-order valence-corrected chi connectivity index (χ2v) is 19.6. The van der Waals surface area contributed by atoms with E-state index in [0.29, 0.717) is 17.5 Å². The normalized spacial score (nSPS) is 14.1. The maximum atomic E-state index is 5.33. The molecule has 9 aromatic carbocycles. The lowest BCUT2D eigenvalue weighted by atomic mass is 9.82. The van der Waals surface area contributed by atoms with Gasteiger partial charge in [0.25, 0.3) is 0 Å². The van der Waals surface area contributed by atoms with Crippen molar-refractivity contribution >= 4 is 43.6 Å². The standard InChI is InChI=1S/C63H45N5/c1-62(2)51-22-12-8-18-43(51)45-32-28-39(36-53(45)62)60-64-59(65-61(66-60)40-29-33-46-44-19-9-13-23-52(44)63(3,4)54(46)37-40)38-26-30-42(31-27-38)68-56-25-15-11-21-48(56)50-35-34-49-47-20-10-14-24-55(47)67(57(49)58(50)68)41-16-6-5-7-17-41/h5-37H,1-4H3. The summed E-state index contributed by atoms with van der Waals surface area (Å²) in [5.41, 5.74) is 19.8. The summed E-state index contributed by atoms with van der Waals surface area (Å²) < 4.78 is 4.87. The topological polar surface area (TPSA) is 48.5 Å². The number of rotatable bonds is 5. The Morgan fingerprint density at radius 1 is 0.309 bits per heavy atom. The van der Waals surface area contributed by atoms with Crippen molar-refractivity contribution in [1.82, 2.24) is 24.1 Å². The zero-order chi connectivity index (χ0) is 45.5. The predicted molar refractivity (Wildman–Crippen MR) is 280 cm³/mol. The van der Waals surface area contributed by atoms with Crippen molar-refractivity contribution in [3.63, 3.8) is 0 Å². The molecule has 0 saturated carbocycles. The van der Waals surface area contributed by atoms with Gasteiger partial charge in [0.15, 0.2) is 17.5 Å². The van der Waals surface area contributed by atoms with Gasteiger partial charge < -0.3 is 9.13 Å². The Labute approximate surface area is 394 Å². The van der Waals surface area contributed by atoms with Crippen molar-refractivity contribution < 1.29 is 0 Å². The lowest BCUT2D eigenvalue weighted by molar-refractivity contribution is 0.660. The van der Waals surface area contributed by atoms with E-state index in [1.807, 2.05) is 0 Å². The minimum atomic E-state index is -0.162. The van der Waals surface area contributed by atoms with Gasteiger partial charge in [-0.05, 0) is 105 Å². The van der Waals surface area contributed by atoms with Crippen LogP contribution in [0.1, 0.15) is 49.9 Å². The molecule has 0 fully saturated rings. The van der Waals surface area contributed by atoms with Crippen LogP contribution in [0.3, 0.4) is 0 Å². The lowest BCUT2D eigenvalue weighted by Crippen LogP contribution is -2.15. The molecule has 0 N–H and O–H groups in total. The Hall–Kier alpha value is -8.41. The molecule has 2 aliphatic carbocycles. The van der Waals surface area contributed by atoms with Crippen LogP contribution in [0.25, 0.3) is 111 Å². The van der Waals surface area contributed by atoms with E-state index in [1.54, 1.807) is 0 Å². The number of hydrogen-bond acceptors (Lipinski definition) is 3. The summed E-state index contributed by atoms with van der Waals surface area (Å²) in [5, 5.41) is 4.88. The van der Waals surface area contributed by atoms with Crippen LogP contribution in [0.2, 0.25) is 0 Å². The molecule has 0 radical (unpaired) electrons. The smallest absolute Gasteiger partial charge is 0.164 e. The molecule has 0 aliphatic heterocycles. The van der Waals surface area contributed by atoms with Crippen LogP contribution in [0.5, 0.6) is 0 Å². The average Bonchev–Trinajstić information content (AvgIpc) is 4.05. The summed E-state index contributed by atoms with van der Waals surface area (Å²) in [6.07, 6.45) is 0. The minimum absolute atomic E-state index is 0.162. The highest BCUT2D eigenvalue weighted by Gasteiger charge is 2.37. The van der Waals surface area contributed by atoms with E-state index < -0.39 is 0 Å². The number of nitrogens with zero attached hydrogens (tertiary/aromatic N) is 5. The molecule has 0 bridgehead atoms. The van der Waals surface area contributed by atoms with Crippen LogP contribution in [-0.2, 0) is 10.8 Å². The SMILES string of the molecule is CC1(C)c2ccccc2-c2ccc(-c3nc(-c4ccc(-n5c6ccccc6c6ccc7c8ccccc8n(-c8ccccc8)c7c65)cc4)nc(-c4ccc5c(c4)C(C)(C)c4ccccc4-5)n3)cc21. The third kappa shape index (κ3) is 5.41. The zero-order valence-corrected chi connectivity index (χ0v) is 38.3. The molecule has 3 aromatic heterocycles. The molecule has 12 aromatic rings. The van der Waals surface area contributed by atoms with E-state index in [4.69, 9.17) is 15.0 Å². The number of fused-ring (bicyclic) bond motifs is 13. The molecule has 0 saturated heterocycles. The second-order valence-electron chi connectivity index (χ2n) is 19.6. The van der Waals surface area contributed by atoms with Crippen molar-refractivity contribution in [3.8, 4) is 67.8 Å². The molecule has 0 spiro atoms. The second kappa shape index (κ2) is 14.1. The van der Waals surface area contributed by atoms with E-state index >= 15 is 0 Å². The van der Waals surface area contributed by atoms with Crippen LogP contribution in [0.15, 0.2) is 200 Å². The van der Waals surface area contributed by atoms with Gasteiger partial charge in [0.2, 0.25) is 0 Å². The van der Waals surface area contributed by atoms with Crippen molar-refractivity contribution in [2.24, 2.45) is 0 Å². The molecule has 0 atom stereocenters. The highest BCUT2D eigenvalue weighted by atomic mass is 15.1. The molecule has 5 heteroatoms. The zero-order valence-electron chi connectivity index (χ0n) is 38.3. The van der Waals surface area contributed by atoms with Crippen LogP contribution in [-0.4, -0.2) is 24.1 Å². The van der Waals surface area contributed by atoms with E-state index in [2.05, 4.69) is 237 Å². The number of aromatic nitrogens is 5. The Balaban J connectivity index is 0.957. The minimum Gasteiger partial charge on any atom is -0.307 e. The largest absolute Gasteiger partial charge is 0.307 e. The Kier molecular flexibility index (Phi) is 8.02. The first-order chi connectivity index (χ1) is 33.2. The fraction of sp³-hybridized carbons (Fsp3) is 0.0952. The van der Waals surface area contributed by atoms with Gasteiger partial charge in [-0.15, -0.1) is 0 Å². The summed E-state index contributed by atoms with van der Waals surface area (Å²) in [7, 11) is 0. The quantitative estimate of drug-likeness (QED) is 0.173. The van der Waals surface area contributed by atoms with Crippen molar-refractivity contribution in [2.45, 2.75) is 38.5 Å². The number of para-hydroxylation sites is 3. The third-order valence-corrected chi connectivity index (χ3v) is 15.2. The van der Waals surface area contributed by atoms with E-state index in [-0.39, 0.29) is 10.8 Å². The summed E-state index contributed by atoms with van der Waals surface area (Å²) in [4.78, 5) is 16.0. The van der Waals surface area contributed by atoms with Crippen molar-refractivity contribution in [2.75, 3.05) is 0 Å². The molecular formula is C63H45N5. The monoisotopic (exact) mass is 871 g/mol. The summed E-state index contributed by atoms with van der Waals surface area (Å²) in [5.74, 6) is 1.95. The number of benzene rings is 9. The first-order valence-electron chi connectivity index (χ1n) is 23.6. The molecule has 0 amide bonds. The highest BCUT2D eigenvalue weighted by molar-refractivity contribution is 6.23. The molecule has 5 nitrogen and oxygen atoms in total. The van der Waals surface area contributed by atoms with Crippen LogP contribution < -0.4 is 0 Å². The van der Waals surface area contributed by atoms with Gasteiger partial charge in [-0.2, -0.15) is 0 Å². The van der Waals surface area contributed by atoms with Gasteiger partial charge in [-0.3, -0.25) is 0 Å². The maximum absolute atomic E-state index is 5.33. The van der Waals surface area contributed by atoms with Crippen LogP contribution >= 0.6 is 0 Å². The highest BCUT2D eigenvalue weighted by Crippen LogP contribution is 2.51. The van der Waals surface area contributed by atoms with E-state index in [0.717, 1.165) is 33.6 Å². The van der Waals surface area contributed by atoms with Crippen molar-refractivity contribution in [1.29, 1.82) is 0 Å². The predicted octanol–water partition coefficient (Wildman–Crippen LogP) is 15.7. The van der Waals surface area contributed by atoms with Gasteiger partial charge in [0.05, 0.1) is 22.1 Å². The third-order valence-electron chi connectivity index (χ3n) is 15.2. The molecule has 3 heterocycles. The van der Waals surface area contributed by atoms with E-state index in [9.17, 15) is 0 Å². The fourth-order valence-corrected chi connectivity index (χ4v) is 11.8.